The number of fused-ring (bicyclic) bond motifs is 1. The molecule has 0 amide bonds. The van der Waals surface area contributed by atoms with Crippen molar-refractivity contribution in [3.63, 3.8) is 0 Å². The highest BCUT2D eigenvalue weighted by Gasteiger charge is 2.08. The Morgan fingerprint density at radius 3 is 2.75 bits per heavy atom. The van der Waals surface area contributed by atoms with Crippen LogP contribution in [-0.2, 0) is 0 Å². The fourth-order valence-corrected chi connectivity index (χ4v) is 2.49. The maximum atomic E-state index is 12.7. The summed E-state index contributed by atoms with van der Waals surface area (Å²) in [6.45, 7) is 0. The van der Waals surface area contributed by atoms with E-state index in [9.17, 15) is 4.39 Å². The van der Waals surface area contributed by atoms with Crippen LogP contribution in [0.4, 0.5) is 4.39 Å². The standard InChI is InChI=1S/C8H3Cl2FS/c9-7-5-3-4(11)1-2-6(5)12-8(7)10/h1-3H. The minimum absolute atomic E-state index is 0.293. The summed E-state index contributed by atoms with van der Waals surface area (Å²) in [7, 11) is 0. The summed E-state index contributed by atoms with van der Waals surface area (Å²) in [4.78, 5) is 0. The average molecular weight is 221 g/mol. The smallest absolute Gasteiger partial charge is 0.123 e. The number of thiophene rings is 1. The molecule has 1 aromatic heterocycles. The highest BCUT2D eigenvalue weighted by atomic mass is 35.5. The minimum atomic E-state index is -0.293. The molecule has 62 valence electrons. The van der Waals surface area contributed by atoms with Crippen molar-refractivity contribution in [3.8, 4) is 0 Å². The van der Waals surface area contributed by atoms with Crippen molar-refractivity contribution < 1.29 is 4.39 Å². The van der Waals surface area contributed by atoms with Gasteiger partial charge in [-0.3, -0.25) is 0 Å². The molecule has 1 aromatic carbocycles. The van der Waals surface area contributed by atoms with Gasteiger partial charge in [0.1, 0.15) is 10.2 Å². The maximum Gasteiger partial charge on any atom is 0.123 e. The van der Waals surface area contributed by atoms with Crippen LogP contribution in [-0.4, -0.2) is 0 Å². The van der Waals surface area contributed by atoms with E-state index in [0.29, 0.717) is 14.7 Å². The van der Waals surface area contributed by atoms with Gasteiger partial charge in [0.05, 0.1) is 5.02 Å². The second-order valence-electron chi connectivity index (χ2n) is 2.33. The van der Waals surface area contributed by atoms with Gasteiger partial charge in [-0.25, -0.2) is 4.39 Å². The summed E-state index contributed by atoms with van der Waals surface area (Å²) in [5.41, 5.74) is 0. The molecule has 0 spiro atoms. The number of hydrogen-bond donors (Lipinski definition) is 0. The molecule has 0 bridgehead atoms. The molecule has 0 saturated carbocycles. The quantitative estimate of drug-likeness (QED) is 0.620. The zero-order valence-corrected chi connectivity index (χ0v) is 8.10. The van der Waals surface area contributed by atoms with E-state index < -0.39 is 0 Å². The predicted molar refractivity (Wildman–Crippen MR) is 51.8 cm³/mol. The zero-order valence-electron chi connectivity index (χ0n) is 5.77. The summed E-state index contributed by atoms with van der Waals surface area (Å²) in [6, 6.07) is 4.46. The first-order valence-electron chi connectivity index (χ1n) is 3.21. The summed E-state index contributed by atoms with van der Waals surface area (Å²) in [6.07, 6.45) is 0. The van der Waals surface area contributed by atoms with Crippen molar-refractivity contribution in [2.45, 2.75) is 0 Å². The zero-order chi connectivity index (χ0) is 8.72. The van der Waals surface area contributed by atoms with E-state index in [2.05, 4.69) is 0 Å². The first kappa shape index (κ1) is 8.30. The van der Waals surface area contributed by atoms with Crippen LogP contribution in [0.3, 0.4) is 0 Å². The van der Waals surface area contributed by atoms with Crippen molar-refractivity contribution in [2.75, 3.05) is 0 Å². The van der Waals surface area contributed by atoms with Gasteiger partial charge in [-0.2, -0.15) is 0 Å². The van der Waals surface area contributed by atoms with Crippen LogP contribution in [0.15, 0.2) is 18.2 Å². The number of halogens is 3. The Balaban J connectivity index is 2.88. The number of hydrogen-bond acceptors (Lipinski definition) is 1. The fraction of sp³-hybridized carbons (Fsp3) is 0. The van der Waals surface area contributed by atoms with Gasteiger partial charge in [0.25, 0.3) is 0 Å². The van der Waals surface area contributed by atoms with Gasteiger partial charge < -0.3 is 0 Å². The van der Waals surface area contributed by atoms with Crippen LogP contribution >= 0.6 is 34.5 Å². The molecule has 0 nitrogen and oxygen atoms in total. The molecule has 0 radical (unpaired) electrons. The molecule has 0 N–H and O–H groups in total. The van der Waals surface area contributed by atoms with Crippen LogP contribution in [0.25, 0.3) is 10.1 Å². The average Bonchev–Trinajstić information content (AvgIpc) is 2.31. The lowest BCUT2D eigenvalue weighted by molar-refractivity contribution is 0.630. The van der Waals surface area contributed by atoms with E-state index in [1.165, 1.54) is 23.5 Å². The monoisotopic (exact) mass is 220 g/mol. The molecule has 0 saturated heterocycles. The van der Waals surface area contributed by atoms with Crippen LogP contribution in [0.2, 0.25) is 9.36 Å². The van der Waals surface area contributed by atoms with Crippen LogP contribution in [0.1, 0.15) is 0 Å². The molecule has 2 rings (SSSR count). The highest BCUT2D eigenvalue weighted by molar-refractivity contribution is 7.23. The molecule has 12 heavy (non-hydrogen) atoms. The fourth-order valence-electron chi connectivity index (χ4n) is 1.01. The van der Waals surface area contributed by atoms with Crippen molar-refractivity contribution in [3.05, 3.63) is 33.4 Å². The lowest BCUT2D eigenvalue weighted by atomic mass is 10.2. The Kier molecular flexibility index (Phi) is 1.99. The molecule has 4 heteroatoms. The van der Waals surface area contributed by atoms with Crippen LogP contribution < -0.4 is 0 Å². The molecule has 0 aliphatic rings. The van der Waals surface area contributed by atoms with Gasteiger partial charge in [0.2, 0.25) is 0 Å². The molecule has 1 heterocycles. The van der Waals surface area contributed by atoms with E-state index in [4.69, 9.17) is 23.2 Å². The van der Waals surface area contributed by atoms with E-state index in [0.717, 1.165) is 4.70 Å². The largest absolute Gasteiger partial charge is 0.207 e. The van der Waals surface area contributed by atoms with Crippen molar-refractivity contribution in [1.82, 2.24) is 0 Å². The summed E-state index contributed by atoms with van der Waals surface area (Å²) in [5, 5.41) is 1.13. The second kappa shape index (κ2) is 2.87. The molecular formula is C8H3Cl2FS. The summed E-state index contributed by atoms with van der Waals surface area (Å²) >= 11 is 12.9. The Labute approximate surface area is 82.5 Å². The van der Waals surface area contributed by atoms with Crippen molar-refractivity contribution in [1.29, 1.82) is 0 Å². The predicted octanol–water partition coefficient (Wildman–Crippen LogP) is 4.35. The summed E-state index contributed by atoms with van der Waals surface area (Å²) < 4.78 is 14.1. The normalized spacial score (nSPS) is 10.9. The van der Waals surface area contributed by atoms with E-state index in [1.807, 2.05) is 0 Å². The first-order valence-corrected chi connectivity index (χ1v) is 4.79. The minimum Gasteiger partial charge on any atom is -0.207 e. The van der Waals surface area contributed by atoms with Gasteiger partial charge in [-0.1, -0.05) is 23.2 Å². The Morgan fingerprint density at radius 1 is 1.25 bits per heavy atom. The van der Waals surface area contributed by atoms with E-state index in [-0.39, 0.29) is 5.82 Å². The lowest BCUT2D eigenvalue weighted by Crippen LogP contribution is -1.69. The third-order valence-electron chi connectivity index (χ3n) is 1.55. The molecule has 0 aliphatic carbocycles. The highest BCUT2D eigenvalue weighted by Crippen LogP contribution is 2.38. The third kappa shape index (κ3) is 1.20. The van der Waals surface area contributed by atoms with Crippen molar-refractivity contribution >= 4 is 44.6 Å². The molecule has 0 unspecified atom stereocenters. The third-order valence-corrected chi connectivity index (χ3v) is 3.53. The lowest BCUT2D eigenvalue weighted by Gasteiger charge is -1.89. The second-order valence-corrected chi connectivity index (χ2v) is 4.36. The topological polar surface area (TPSA) is 0 Å². The first-order chi connectivity index (χ1) is 5.68. The maximum absolute atomic E-state index is 12.7. The molecular weight excluding hydrogens is 218 g/mol. The Hall–Kier alpha value is -0.310. The van der Waals surface area contributed by atoms with E-state index >= 15 is 0 Å². The van der Waals surface area contributed by atoms with Gasteiger partial charge in [-0.05, 0) is 18.2 Å². The van der Waals surface area contributed by atoms with Crippen LogP contribution in [0, 0.1) is 5.82 Å². The van der Waals surface area contributed by atoms with Crippen molar-refractivity contribution in [2.24, 2.45) is 0 Å². The Bertz CT molecular complexity index is 436. The molecule has 2 aromatic rings. The van der Waals surface area contributed by atoms with Gasteiger partial charge in [0, 0.05) is 10.1 Å². The molecule has 0 fully saturated rings. The SMILES string of the molecule is Fc1ccc2sc(Cl)c(Cl)c2c1. The van der Waals surface area contributed by atoms with Gasteiger partial charge in [0.15, 0.2) is 0 Å². The molecule has 0 aliphatic heterocycles. The Morgan fingerprint density at radius 2 is 2.00 bits per heavy atom. The van der Waals surface area contributed by atoms with Crippen LogP contribution in [0.5, 0.6) is 0 Å². The number of rotatable bonds is 0. The van der Waals surface area contributed by atoms with Gasteiger partial charge in [-0.15, -0.1) is 11.3 Å². The molecule has 0 atom stereocenters. The van der Waals surface area contributed by atoms with E-state index in [1.54, 1.807) is 6.07 Å². The van der Waals surface area contributed by atoms with Gasteiger partial charge >= 0.3 is 0 Å². The number of benzene rings is 1. The summed E-state index contributed by atoms with van der Waals surface area (Å²) in [5.74, 6) is -0.293.